The number of hydrogen-bond acceptors (Lipinski definition) is 4. The quantitative estimate of drug-likeness (QED) is 0.461. The Morgan fingerprint density at radius 1 is 0.914 bits per heavy atom. The zero-order valence-electron chi connectivity index (χ0n) is 18.7. The topological polar surface area (TPSA) is 57.7 Å². The molecule has 0 bridgehead atoms. The molecule has 4 rings (SSSR count). The Balaban J connectivity index is 1.57. The SMILES string of the molecule is CS(=O)(=O)c1ccc(-c2cccc(Cl)c2)c(C(=O)N2CCN(c3ccc(C(F)(F)F)cc3)CC2)c1. The molecule has 0 aromatic heterocycles. The smallest absolute Gasteiger partial charge is 0.368 e. The van der Waals surface area contributed by atoms with Gasteiger partial charge in [-0.1, -0.05) is 29.8 Å². The van der Waals surface area contributed by atoms with Crippen LogP contribution < -0.4 is 4.90 Å². The van der Waals surface area contributed by atoms with Gasteiger partial charge in [0, 0.05) is 48.7 Å². The summed E-state index contributed by atoms with van der Waals surface area (Å²) in [4.78, 5) is 17.1. The zero-order chi connectivity index (χ0) is 25.4. The average molecular weight is 523 g/mol. The van der Waals surface area contributed by atoms with Crippen molar-refractivity contribution in [1.29, 1.82) is 0 Å². The normalized spacial score (nSPS) is 14.8. The summed E-state index contributed by atoms with van der Waals surface area (Å²) in [5.74, 6) is -0.322. The van der Waals surface area contributed by atoms with Crippen molar-refractivity contribution in [2.24, 2.45) is 0 Å². The second-order valence-electron chi connectivity index (χ2n) is 8.31. The summed E-state index contributed by atoms with van der Waals surface area (Å²) in [6.07, 6.45) is -3.32. The minimum Gasteiger partial charge on any atom is -0.368 e. The van der Waals surface area contributed by atoms with Gasteiger partial charge in [0.2, 0.25) is 0 Å². The van der Waals surface area contributed by atoms with E-state index < -0.39 is 21.6 Å². The van der Waals surface area contributed by atoms with Crippen LogP contribution in [-0.2, 0) is 16.0 Å². The van der Waals surface area contributed by atoms with E-state index in [-0.39, 0.29) is 16.4 Å². The lowest BCUT2D eigenvalue weighted by Gasteiger charge is -2.36. The number of hydrogen-bond donors (Lipinski definition) is 0. The van der Waals surface area contributed by atoms with Gasteiger partial charge in [-0.3, -0.25) is 4.79 Å². The molecule has 35 heavy (non-hydrogen) atoms. The molecule has 184 valence electrons. The van der Waals surface area contributed by atoms with E-state index in [0.717, 1.165) is 18.4 Å². The fourth-order valence-corrected chi connectivity index (χ4v) is 4.88. The molecule has 3 aromatic rings. The second kappa shape index (κ2) is 9.54. The summed E-state index contributed by atoms with van der Waals surface area (Å²) in [5, 5.41) is 0.484. The highest BCUT2D eigenvalue weighted by atomic mass is 35.5. The number of nitrogens with zero attached hydrogens (tertiary/aromatic N) is 2. The molecule has 1 amide bonds. The second-order valence-corrected chi connectivity index (χ2v) is 10.8. The Hall–Kier alpha value is -3.04. The molecule has 1 fully saturated rings. The molecule has 3 aromatic carbocycles. The van der Waals surface area contributed by atoms with Crippen molar-refractivity contribution in [1.82, 2.24) is 4.90 Å². The Kier molecular flexibility index (Phi) is 6.83. The van der Waals surface area contributed by atoms with Crippen LogP contribution in [0.25, 0.3) is 11.1 Å². The molecule has 0 atom stereocenters. The minimum atomic E-state index is -4.40. The van der Waals surface area contributed by atoms with E-state index in [0.29, 0.717) is 48.0 Å². The molecule has 0 spiro atoms. The van der Waals surface area contributed by atoms with E-state index in [9.17, 15) is 26.4 Å². The Morgan fingerprint density at radius 3 is 2.14 bits per heavy atom. The lowest BCUT2D eigenvalue weighted by Crippen LogP contribution is -2.49. The lowest BCUT2D eigenvalue weighted by molar-refractivity contribution is -0.137. The largest absolute Gasteiger partial charge is 0.416 e. The van der Waals surface area contributed by atoms with Crippen molar-refractivity contribution in [2.75, 3.05) is 37.3 Å². The van der Waals surface area contributed by atoms with Gasteiger partial charge in [-0.25, -0.2) is 8.42 Å². The fourth-order valence-electron chi connectivity index (χ4n) is 4.04. The maximum atomic E-state index is 13.5. The first-order valence-electron chi connectivity index (χ1n) is 10.7. The third-order valence-corrected chi connectivity index (χ3v) is 7.26. The summed E-state index contributed by atoms with van der Waals surface area (Å²) in [7, 11) is -3.54. The molecule has 0 N–H and O–H groups in total. The van der Waals surface area contributed by atoms with Crippen molar-refractivity contribution in [3.05, 3.63) is 82.9 Å². The van der Waals surface area contributed by atoms with E-state index in [1.54, 1.807) is 35.2 Å². The third-order valence-electron chi connectivity index (χ3n) is 5.91. The van der Waals surface area contributed by atoms with Crippen LogP contribution in [0.1, 0.15) is 15.9 Å². The predicted molar refractivity (Wildman–Crippen MR) is 130 cm³/mol. The zero-order valence-corrected chi connectivity index (χ0v) is 20.3. The van der Waals surface area contributed by atoms with Crippen LogP contribution in [0.3, 0.4) is 0 Å². The van der Waals surface area contributed by atoms with Crippen LogP contribution in [0.4, 0.5) is 18.9 Å². The molecule has 0 radical (unpaired) electrons. The van der Waals surface area contributed by atoms with E-state index in [1.807, 2.05) is 4.90 Å². The first-order valence-corrected chi connectivity index (χ1v) is 13.0. The summed E-state index contributed by atoms with van der Waals surface area (Å²) in [5.41, 5.74) is 1.43. The number of sulfone groups is 1. The molecule has 5 nitrogen and oxygen atoms in total. The fraction of sp³-hybridized carbons (Fsp3) is 0.240. The number of carbonyl (C=O) groups is 1. The lowest BCUT2D eigenvalue weighted by atomic mass is 9.98. The molecular formula is C25H22ClF3N2O3S. The van der Waals surface area contributed by atoms with Crippen LogP contribution >= 0.6 is 11.6 Å². The third kappa shape index (κ3) is 5.62. The van der Waals surface area contributed by atoms with E-state index >= 15 is 0 Å². The number of benzene rings is 3. The number of rotatable bonds is 4. The van der Waals surface area contributed by atoms with Crippen LogP contribution in [0.2, 0.25) is 5.02 Å². The van der Waals surface area contributed by atoms with Crippen molar-refractivity contribution in [3.63, 3.8) is 0 Å². The molecule has 0 unspecified atom stereocenters. The number of alkyl halides is 3. The molecule has 1 saturated heterocycles. The molecule has 0 aliphatic carbocycles. The van der Waals surface area contributed by atoms with Gasteiger partial charge in [0.15, 0.2) is 9.84 Å². The van der Waals surface area contributed by atoms with Gasteiger partial charge < -0.3 is 9.80 Å². The van der Waals surface area contributed by atoms with Crippen LogP contribution in [0.15, 0.2) is 71.6 Å². The summed E-state index contributed by atoms with van der Waals surface area (Å²) >= 11 is 6.13. The number of anilines is 1. The number of piperazine rings is 1. The maximum Gasteiger partial charge on any atom is 0.416 e. The predicted octanol–water partition coefficient (Wildman–Crippen LogP) is 5.39. The summed E-state index contributed by atoms with van der Waals surface area (Å²) in [6.45, 7) is 1.51. The van der Waals surface area contributed by atoms with Crippen LogP contribution in [-0.4, -0.2) is 51.7 Å². The van der Waals surface area contributed by atoms with Crippen molar-refractivity contribution in [2.45, 2.75) is 11.1 Å². The highest BCUT2D eigenvalue weighted by molar-refractivity contribution is 7.90. The van der Waals surface area contributed by atoms with Gasteiger partial charge in [0.1, 0.15) is 0 Å². The summed E-state index contributed by atoms with van der Waals surface area (Å²) in [6, 6.07) is 16.3. The van der Waals surface area contributed by atoms with Crippen LogP contribution in [0, 0.1) is 0 Å². The van der Waals surface area contributed by atoms with Gasteiger partial charge in [0.05, 0.1) is 10.5 Å². The Morgan fingerprint density at radius 2 is 1.57 bits per heavy atom. The van der Waals surface area contributed by atoms with Crippen molar-refractivity contribution >= 4 is 33.0 Å². The van der Waals surface area contributed by atoms with E-state index in [2.05, 4.69) is 0 Å². The number of halogens is 4. The number of amides is 1. The van der Waals surface area contributed by atoms with Gasteiger partial charge in [-0.15, -0.1) is 0 Å². The van der Waals surface area contributed by atoms with Crippen LogP contribution in [0.5, 0.6) is 0 Å². The molecule has 10 heteroatoms. The summed E-state index contributed by atoms with van der Waals surface area (Å²) < 4.78 is 62.8. The van der Waals surface area contributed by atoms with Gasteiger partial charge in [-0.2, -0.15) is 13.2 Å². The maximum absolute atomic E-state index is 13.5. The highest BCUT2D eigenvalue weighted by Gasteiger charge is 2.31. The first kappa shape index (κ1) is 25.1. The molecule has 0 saturated carbocycles. The average Bonchev–Trinajstić information content (AvgIpc) is 2.82. The standard InChI is InChI=1S/C25H22ClF3N2O3S/c1-35(33,34)21-9-10-22(17-3-2-4-19(26)15-17)23(16-21)24(32)31-13-11-30(12-14-31)20-7-5-18(6-8-20)25(27,28)29/h2-10,15-16H,11-14H2,1H3. The molecule has 1 heterocycles. The highest BCUT2D eigenvalue weighted by Crippen LogP contribution is 2.32. The molecular weight excluding hydrogens is 501 g/mol. The Labute approximate surface area is 206 Å². The van der Waals surface area contributed by atoms with Gasteiger partial charge in [-0.05, 0) is 59.7 Å². The van der Waals surface area contributed by atoms with Gasteiger partial charge in [0.25, 0.3) is 5.91 Å². The van der Waals surface area contributed by atoms with Crippen molar-refractivity contribution < 1.29 is 26.4 Å². The monoisotopic (exact) mass is 522 g/mol. The van der Waals surface area contributed by atoms with Gasteiger partial charge >= 0.3 is 6.18 Å². The minimum absolute atomic E-state index is 0.0371. The van der Waals surface area contributed by atoms with E-state index in [1.165, 1.54) is 24.3 Å². The number of carbonyl (C=O) groups excluding carboxylic acids is 1. The molecule has 1 aliphatic rings. The first-order chi connectivity index (χ1) is 16.4. The van der Waals surface area contributed by atoms with E-state index in [4.69, 9.17) is 11.6 Å². The molecule has 1 aliphatic heterocycles. The Bertz CT molecular complexity index is 1350. The van der Waals surface area contributed by atoms with Crippen molar-refractivity contribution in [3.8, 4) is 11.1 Å².